The molecule has 0 heterocycles. The van der Waals surface area contributed by atoms with E-state index in [2.05, 4.69) is 25.7 Å². The summed E-state index contributed by atoms with van der Waals surface area (Å²) < 4.78 is 16.5. The van der Waals surface area contributed by atoms with Crippen molar-refractivity contribution >= 4 is 0 Å². The molecule has 0 aliphatic rings. The van der Waals surface area contributed by atoms with Crippen molar-refractivity contribution in [1.82, 2.24) is 5.32 Å². The molecule has 1 aromatic rings. The second-order valence-electron chi connectivity index (χ2n) is 5.07. The third kappa shape index (κ3) is 4.78. The van der Waals surface area contributed by atoms with Gasteiger partial charge in [0, 0.05) is 12.6 Å². The van der Waals surface area contributed by atoms with E-state index in [1.54, 1.807) is 14.2 Å². The number of ether oxygens (including phenoxy) is 3. The summed E-state index contributed by atoms with van der Waals surface area (Å²) in [6.45, 7) is 11.3. The minimum absolute atomic E-state index is 0.426. The van der Waals surface area contributed by atoms with Crippen LogP contribution in [0.15, 0.2) is 24.3 Å². The molecule has 0 fully saturated rings. The van der Waals surface area contributed by atoms with Gasteiger partial charge in [-0.15, -0.1) is 0 Å². The normalized spacial score (nSPS) is 10.5. The first-order valence-corrected chi connectivity index (χ1v) is 6.73. The van der Waals surface area contributed by atoms with Crippen LogP contribution in [0.1, 0.15) is 19.4 Å². The van der Waals surface area contributed by atoms with Crippen LogP contribution in [0.2, 0.25) is 0 Å². The molecule has 0 amide bonds. The number of rotatable bonds is 8. The molecule has 112 valence electrons. The first kappa shape index (κ1) is 16.4. The lowest BCUT2D eigenvalue weighted by molar-refractivity contribution is 0.293. The Morgan fingerprint density at radius 3 is 2.20 bits per heavy atom. The highest BCUT2D eigenvalue weighted by Gasteiger charge is 2.13. The molecule has 4 nitrogen and oxygen atoms in total. The summed E-state index contributed by atoms with van der Waals surface area (Å²) in [5, 5.41) is 3.31. The minimum Gasteiger partial charge on any atom is -0.493 e. The molecule has 0 bridgehead atoms. The third-order valence-electron chi connectivity index (χ3n) is 2.79. The molecule has 20 heavy (non-hydrogen) atoms. The number of nitrogens with one attached hydrogen (secondary N) is 1. The van der Waals surface area contributed by atoms with Crippen LogP contribution in [0.25, 0.3) is 0 Å². The van der Waals surface area contributed by atoms with Crippen molar-refractivity contribution < 1.29 is 14.2 Å². The maximum absolute atomic E-state index is 5.81. The van der Waals surface area contributed by atoms with Crippen molar-refractivity contribution in [2.24, 2.45) is 0 Å². The summed E-state index contributed by atoms with van der Waals surface area (Å²) in [6, 6.07) is 4.27. The van der Waals surface area contributed by atoms with Gasteiger partial charge < -0.3 is 19.5 Å². The van der Waals surface area contributed by atoms with E-state index in [-0.39, 0.29) is 0 Å². The molecule has 0 unspecified atom stereocenters. The van der Waals surface area contributed by atoms with E-state index in [9.17, 15) is 0 Å². The van der Waals surface area contributed by atoms with Crippen molar-refractivity contribution in [3.63, 3.8) is 0 Å². The summed E-state index contributed by atoms with van der Waals surface area (Å²) in [5.41, 5.74) is 2.04. The van der Waals surface area contributed by atoms with Crippen LogP contribution in [-0.2, 0) is 0 Å². The third-order valence-corrected chi connectivity index (χ3v) is 2.79. The Morgan fingerprint density at radius 2 is 1.75 bits per heavy atom. The highest BCUT2D eigenvalue weighted by Crippen LogP contribution is 2.38. The van der Waals surface area contributed by atoms with Crippen LogP contribution in [-0.4, -0.2) is 33.4 Å². The fraction of sp³-hybridized carbons (Fsp3) is 0.500. The van der Waals surface area contributed by atoms with E-state index in [0.717, 1.165) is 17.7 Å². The molecule has 0 saturated heterocycles. The van der Waals surface area contributed by atoms with Gasteiger partial charge in [-0.1, -0.05) is 20.4 Å². The molecule has 0 radical (unpaired) electrons. The number of hydrogen-bond donors (Lipinski definition) is 1. The fourth-order valence-electron chi connectivity index (χ4n) is 1.73. The van der Waals surface area contributed by atoms with E-state index in [4.69, 9.17) is 14.2 Å². The monoisotopic (exact) mass is 279 g/mol. The van der Waals surface area contributed by atoms with Gasteiger partial charge in [-0.25, -0.2) is 0 Å². The van der Waals surface area contributed by atoms with E-state index >= 15 is 0 Å². The van der Waals surface area contributed by atoms with E-state index < -0.39 is 0 Å². The van der Waals surface area contributed by atoms with Crippen LogP contribution >= 0.6 is 0 Å². The Kier molecular flexibility index (Phi) is 6.39. The highest BCUT2D eigenvalue weighted by molar-refractivity contribution is 5.53. The molecular formula is C16H25NO3. The zero-order valence-electron chi connectivity index (χ0n) is 13.1. The number of benzene rings is 1. The lowest BCUT2D eigenvalue weighted by Crippen LogP contribution is -2.26. The summed E-state index contributed by atoms with van der Waals surface area (Å²) in [7, 11) is 3.24. The average Bonchev–Trinajstić information content (AvgIpc) is 2.42. The van der Waals surface area contributed by atoms with Crippen LogP contribution in [0, 0.1) is 6.92 Å². The molecule has 0 saturated carbocycles. The molecule has 0 aliphatic carbocycles. The second-order valence-corrected chi connectivity index (χ2v) is 5.07. The molecule has 1 N–H and O–H groups in total. The summed E-state index contributed by atoms with van der Waals surface area (Å²) in [6.07, 6.45) is 0. The van der Waals surface area contributed by atoms with Gasteiger partial charge in [0.15, 0.2) is 11.5 Å². The van der Waals surface area contributed by atoms with Crippen LogP contribution in [0.5, 0.6) is 17.2 Å². The Morgan fingerprint density at radius 1 is 1.20 bits per heavy atom. The van der Waals surface area contributed by atoms with Crippen molar-refractivity contribution in [2.75, 3.05) is 27.4 Å². The van der Waals surface area contributed by atoms with Gasteiger partial charge in [0.1, 0.15) is 6.61 Å². The lowest BCUT2D eigenvalue weighted by atomic mass is 10.2. The predicted molar refractivity (Wildman–Crippen MR) is 82.1 cm³/mol. The van der Waals surface area contributed by atoms with Crippen LogP contribution < -0.4 is 19.5 Å². The number of aryl methyl sites for hydroxylation is 1. The smallest absolute Gasteiger partial charge is 0.203 e. The SMILES string of the molecule is C=C(CNC(C)C)COc1c(OC)cc(C)cc1OC. The van der Waals surface area contributed by atoms with Crippen LogP contribution in [0.3, 0.4) is 0 Å². The van der Waals surface area contributed by atoms with E-state index in [1.807, 2.05) is 19.1 Å². The lowest BCUT2D eigenvalue weighted by Gasteiger charge is -2.16. The Labute approximate surface area is 121 Å². The van der Waals surface area contributed by atoms with Crippen molar-refractivity contribution in [1.29, 1.82) is 0 Å². The molecule has 0 aromatic heterocycles. The Hall–Kier alpha value is -1.68. The van der Waals surface area contributed by atoms with Gasteiger partial charge in [-0.05, 0) is 30.2 Å². The van der Waals surface area contributed by atoms with E-state index in [0.29, 0.717) is 29.9 Å². The molecule has 1 aromatic carbocycles. The van der Waals surface area contributed by atoms with Gasteiger partial charge in [-0.3, -0.25) is 0 Å². The fourth-order valence-corrected chi connectivity index (χ4v) is 1.73. The standard InChI is InChI=1S/C16H25NO3/c1-11(2)17-9-13(4)10-20-16-14(18-5)7-12(3)8-15(16)19-6/h7-8,11,17H,4,9-10H2,1-3,5-6H3. The largest absolute Gasteiger partial charge is 0.493 e. The highest BCUT2D eigenvalue weighted by atomic mass is 16.5. The topological polar surface area (TPSA) is 39.7 Å². The minimum atomic E-state index is 0.426. The van der Waals surface area contributed by atoms with Gasteiger partial charge in [-0.2, -0.15) is 0 Å². The first-order valence-electron chi connectivity index (χ1n) is 6.73. The molecule has 0 aliphatic heterocycles. The maximum Gasteiger partial charge on any atom is 0.203 e. The second kappa shape index (κ2) is 7.80. The van der Waals surface area contributed by atoms with Crippen molar-refractivity contribution in [3.05, 3.63) is 29.8 Å². The van der Waals surface area contributed by atoms with Gasteiger partial charge in [0.05, 0.1) is 14.2 Å². The zero-order chi connectivity index (χ0) is 15.1. The van der Waals surface area contributed by atoms with Gasteiger partial charge >= 0.3 is 0 Å². The van der Waals surface area contributed by atoms with Crippen LogP contribution in [0.4, 0.5) is 0 Å². The van der Waals surface area contributed by atoms with Gasteiger partial charge in [0.25, 0.3) is 0 Å². The Bertz CT molecular complexity index is 430. The maximum atomic E-state index is 5.81. The molecular weight excluding hydrogens is 254 g/mol. The first-order chi connectivity index (χ1) is 9.47. The number of methoxy groups -OCH3 is 2. The van der Waals surface area contributed by atoms with Crippen molar-refractivity contribution in [3.8, 4) is 17.2 Å². The molecule has 0 atom stereocenters. The Balaban J connectivity index is 2.74. The van der Waals surface area contributed by atoms with Crippen molar-refractivity contribution in [2.45, 2.75) is 26.8 Å². The molecule has 4 heteroatoms. The number of hydrogen-bond acceptors (Lipinski definition) is 4. The predicted octanol–water partition coefficient (Wildman–Crippen LogP) is 2.95. The van der Waals surface area contributed by atoms with E-state index in [1.165, 1.54) is 0 Å². The van der Waals surface area contributed by atoms with Gasteiger partial charge in [0.2, 0.25) is 5.75 Å². The molecule has 1 rings (SSSR count). The zero-order valence-corrected chi connectivity index (χ0v) is 13.1. The summed E-state index contributed by atoms with van der Waals surface area (Å²) in [5.74, 6) is 1.96. The molecule has 0 spiro atoms. The summed E-state index contributed by atoms with van der Waals surface area (Å²) >= 11 is 0. The quantitative estimate of drug-likeness (QED) is 0.743. The summed E-state index contributed by atoms with van der Waals surface area (Å²) in [4.78, 5) is 0. The average molecular weight is 279 g/mol.